The van der Waals surface area contributed by atoms with Gasteiger partial charge in [0.2, 0.25) is 15.9 Å². The molecule has 1 atom stereocenters. The van der Waals surface area contributed by atoms with Crippen molar-refractivity contribution in [3.05, 3.63) is 23.8 Å². The summed E-state index contributed by atoms with van der Waals surface area (Å²) in [6, 6.07) is 4.51. The first-order chi connectivity index (χ1) is 10.7. The first-order valence-corrected chi connectivity index (χ1v) is 8.80. The van der Waals surface area contributed by atoms with Crippen LogP contribution >= 0.6 is 0 Å². The lowest BCUT2D eigenvalue weighted by Gasteiger charge is -2.19. The van der Waals surface area contributed by atoms with E-state index in [-0.39, 0.29) is 36.8 Å². The van der Waals surface area contributed by atoms with E-state index in [0.29, 0.717) is 11.4 Å². The SMILES string of the molecule is CCOC(=O)c1ccc(N)c(N2CC(CS(N)(=O)=O)CC2=O)c1. The number of benzene rings is 1. The molecule has 1 heterocycles. The van der Waals surface area contributed by atoms with Crippen LogP contribution in [0.2, 0.25) is 0 Å². The Bertz CT molecular complexity index is 732. The van der Waals surface area contributed by atoms with Gasteiger partial charge in [0.25, 0.3) is 0 Å². The van der Waals surface area contributed by atoms with E-state index in [4.69, 9.17) is 15.6 Å². The van der Waals surface area contributed by atoms with E-state index in [1.807, 2.05) is 0 Å². The number of esters is 1. The fourth-order valence-electron chi connectivity index (χ4n) is 2.57. The number of carbonyl (C=O) groups is 2. The molecule has 2 rings (SSSR count). The number of amides is 1. The van der Waals surface area contributed by atoms with E-state index >= 15 is 0 Å². The van der Waals surface area contributed by atoms with Gasteiger partial charge in [-0.1, -0.05) is 0 Å². The summed E-state index contributed by atoms with van der Waals surface area (Å²) in [5.74, 6) is -1.44. The first-order valence-electron chi connectivity index (χ1n) is 7.08. The monoisotopic (exact) mass is 341 g/mol. The Hall–Kier alpha value is -2.13. The van der Waals surface area contributed by atoms with Gasteiger partial charge in [0.15, 0.2) is 0 Å². The molecule has 1 aliphatic heterocycles. The molecule has 1 aromatic carbocycles. The third-order valence-corrected chi connectivity index (χ3v) is 4.44. The maximum absolute atomic E-state index is 12.1. The predicted molar refractivity (Wildman–Crippen MR) is 85.2 cm³/mol. The van der Waals surface area contributed by atoms with Crippen LogP contribution in [0.3, 0.4) is 0 Å². The number of carbonyl (C=O) groups excluding carboxylic acids is 2. The number of anilines is 2. The van der Waals surface area contributed by atoms with Gasteiger partial charge in [-0.2, -0.15) is 0 Å². The molecule has 0 radical (unpaired) electrons. The van der Waals surface area contributed by atoms with Gasteiger partial charge in [-0.25, -0.2) is 18.4 Å². The minimum Gasteiger partial charge on any atom is -0.462 e. The molecule has 0 aromatic heterocycles. The highest BCUT2D eigenvalue weighted by molar-refractivity contribution is 7.89. The predicted octanol–water partition coefficient (Wildman–Crippen LogP) is 0.0869. The van der Waals surface area contributed by atoms with Crippen molar-refractivity contribution in [3.8, 4) is 0 Å². The van der Waals surface area contributed by atoms with Gasteiger partial charge >= 0.3 is 5.97 Å². The number of nitrogen functional groups attached to an aromatic ring is 1. The van der Waals surface area contributed by atoms with Crippen molar-refractivity contribution in [3.63, 3.8) is 0 Å². The zero-order chi connectivity index (χ0) is 17.2. The van der Waals surface area contributed by atoms with Crippen LogP contribution in [-0.4, -0.2) is 39.2 Å². The highest BCUT2D eigenvalue weighted by Gasteiger charge is 2.34. The van der Waals surface area contributed by atoms with Crippen LogP contribution in [0.25, 0.3) is 0 Å². The van der Waals surface area contributed by atoms with E-state index in [2.05, 4.69) is 0 Å². The maximum Gasteiger partial charge on any atom is 0.338 e. The van der Waals surface area contributed by atoms with Crippen molar-refractivity contribution < 1.29 is 22.7 Å². The van der Waals surface area contributed by atoms with Gasteiger partial charge in [-0.15, -0.1) is 0 Å². The number of nitrogens with two attached hydrogens (primary N) is 2. The molecule has 126 valence electrons. The second-order valence-corrected chi connectivity index (χ2v) is 7.06. The smallest absolute Gasteiger partial charge is 0.338 e. The summed E-state index contributed by atoms with van der Waals surface area (Å²) in [6.45, 7) is 2.11. The van der Waals surface area contributed by atoms with Crippen LogP contribution in [0.1, 0.15) is 23.7 Å². The molecule has 0 spiro atoms. The number of ether oxygens (including phenoxy) is 1. The van der Waals surface area contributed by atoms with Gasteiger partial charge in [0.05, 0.1) is 29.3 Å². The fourth-order valence-corrected chi connectivity index (χ4v) is 3.45. The van der Waals surface area contributed by atoms with Crippen molar-refractivity contribution in [1.29, 1.82) is 0 Å². The number of hydrogen-bond acceptors (Lipinski definition) is 6. The third kappa shape index (κ3) is 4.20. The van der Waals surface area contributed by atoms with Crippen molar-refractivity contribution in [2.75, 3.05) is 29.5 Å². The molecule has 1 amide bonds. The number of primary sulfonamides is 1. The lowest BCUT2D eigenvalue weighted by Crippen LogP contribution is -2.28. The normalized spacial score (nSPS) is 18.3. The van der Waals surface area contributed by atoms with Gasteiger partial charge in [-0.3, -0.25) is 4.79 Å². The van der Waals surface area contributed by atoms with E-state index in [0.717, 1.165) is 0 Å². The topological polar surface area (TPSA) is 133 Å². The molecule has 1 saturated heterocycles. The van der Waals surface area contributed by atoms with Gasteiger partial charge < -0.3 is 15.4 Å². The quantitative estimate of drug-likeness (QED) is 0.576. The van der Waals surface area contributed by atoms with Crippen molar-refractivity contribution in [2.24, 2.45) is 11.1 Å². The summed E-state index contributed by atoms with van der Waals surface area (Å²) >= 11 is 0. The molecule has 1 aromatic rings. The highest BCUT2D eigenvalue weighted by atomic mass is 32.2. The third-order valence-electron chi connectivity index (χ3n) is 3.51. The summed E-state index contributed by atoms with van der Waals surface area (Å²) in [7, 11) is -3.66. The molecule has 1 aliphatic rings. The molecule has 9 heteroatoms. The van der Waals surface area contributed by atoms with Gasteiger partial charge in [0, 0.05) is 18.9 Å². The first kappa shape index (κ1) is 17.2. The number of rotatable bonds is 5. The Morgan fingerprint density at radius 1 is 1.43 bits per heavy atom. The Balaban J connectivity index is 2.26. The van der Waals surface area contributed by atoms with E-state index in [1.165, 1.54) is 23.1 Å². The highest BCUT2D eigenvalue weighted by Crippen LogP contribution is 2.31. The second kappa shape index (κ2) is 6.55. The van der Waals surface area contributed by atoms with Gasteiger partial charge in [-0.05, 0) is 25.1 Å². The summed E-state index contributed by atoms with van der Waals surface area (Å²) in [6.07, 6.45) is 0.0690. The van der Waals surface area contributed by atoms with Crippen LogP contribution in [-0.2, 0) is 19.6 Å². The Kier molecular flexibility index (Phi) is 4.90. The van der Waals surface area contributed by atoms with Crippen molar-refractivity contribution in [2.45, 2.75) is 13.3 Å². The summed E-state index contributed by atoms with van der Waals surface area (Å²) in [4.78, 5) is 25.3. The minimum atomic E-state index is -3.66. The molecule has 23 heavy (non-hydrogen) atoms. The van der Waals surface area contributed by atoms with Crippen LogP contribution in [0.15, 0.2) is 18.2 Å². The molecular formula is C14H19N3O5S. The molecule has 4 N–H and O–H groups in total. The van der Waals surface area contributed by atoms with Crippen LogP contribution in [0.5, 0.6) is 0 Å². The fraction of sp³-hybridized carbons (Fsp3) is 0.429. The zero-order valence-corrected chi connectivity index (χ0v) is 13.5. The van der Waals surface area contributed by atoms with E-state index in [9.17, 15) is 18.0 Å². The van der Waals surface area contributed by atoms with Crippen molar-refractivity contribution >= 4 is 33.3 Å². The van der Waals surface area contributed by atoms with E-state index in [1.54, 1.807) is 6.92 Å². The Morgan fingerprint density at radius 3 is 2.74 bits per heavy atom. The van der Waals surface area contributed by atoms with Crippen molar-refractivity contribution in [1.82, 2.24) is 0 Å². The van der Waals surface area contributed by atoms with Crippen LogP contribution < -0.4 is 15.8 Å². The number of hydrogen-bond donors (Lipinski definition) is 2. The zero-order valence-electron chi connectivity index (χ0n) is 12.7. The molecule has 1 fully saturated rings. The number of sulfonamides is 1. The van der Waals surface area contributed by atoms with E-state index < -0.39 is 21.9 Å². The Morgan fingerprint density at radius 2 is 2.13 bits per heavy atom. The average Bonchev–Trinajstić information content (AvgIpc) is 2.77. The second-order valence-electron chi connectivity index (χ2n) is 5.40. The average molecular weight is 341 g/mol. The molecule has 8 nitrogen and oxygen atoms in total. The molecule has 0 aliphatic carbocycles. The molecular weight excluding hydrogens is 322 g/mol. The summed E-state index contributed by atoms with van der Waals surface area (Å²) < 4.78 is 27.3. The lowest BCUT2D eigenvalue weighted by molar-refractivity contribution is -0.117. The Labute approximate surface area is 134 Å². The maximum atomic E-state index is 12.1. The lowest BCUT2D eigenvalue weighted by atomic mass is 10.1. The van der Waals surface area contributed by atoms with Crippen LogP contribution in [0.4, 0.5) is 11.4 Å². The largest absolute Gasteiger partial charge is 0.462 e. The summed E-state index contributed by atoms with van der Waals surface area (Å²) in [5, 5.41) is 5.03. The summed E-state index contributed by atoms with van der Waals surface area (Å²) in [5.41, 5.74) is 6.86. The van der Waals surface area contributed by atoms with Crippen LogP contribution in [0, 0.1) is 5.92 Å². The number of nitrogens with zero attached hydrogens (tertiary/aromatic N) is 1. The molecule has 1 unspecified atom stereocenters. The van der Waals surface area contributed by atoms with Gasteiger partial charge in [0.1, 0.15) is 0 Å². The minimum absolute atomic E-state index is 0.0690. The molecule has 0 bridgehead atoms. The standard InChI is InChI=1S/C14H19N3O5S/c1-2-22-14(19)10-3-4-11(15)12(6-10)17-7-9(5-13(17)18)8-23(16,20)21/h3-4,6,9H,2,5,7-8,15H2,1H3,(H2,16,20,21). The molecule has 0 saturated carbocycles.